The quantitative estimate of drug-likeness (QED) is 0.885. The van der Waals surface area contributed by atoms with Crippen molar-refractivity contribution in [1.82, 2.24) is 0 Å². The molecular formula is C15H12FNO3S. The molecule has 2 N–H and O–H groups in total. The van der Waals surface area contributed by atoms with E-state index in [9.17, 15) is 12.8 Å². The topological polar surface area (TPSA) is 69.4 Å². The summed E-state index contributed by atoms with van der Waals surface area (Å²) >= 11 is 0. The summed E-state index contributed by atoms with van der Waals surface area (Å²) in [6, 6.07) is 10.5. The molecule has 1 heterocycles. The second kappa shape index (κ2) is 4.89. The van der Waals surface area contributed by atoms with Crippen LogP contribution in [0.1, 0.15) is 5.56 Å². The Balaban J connectivity index is 1.90. The van der Waals surface area contributed by atoms with Crippen molar-refractivity contribution >= 4 is 21.6 Å². The fourth-order valence-electron chi connectivity index (χ4n) is 2.16. The van der Waals surface area contributed by atoms with Gasteiger partial charge in [-0.2, -0.15) is 0 Å². The van der Waals surface area contributed by atoms with Crippen LogP contribution in [0.5, 0.6) is 5.75 Å². The molecule has 0 spiro atoms. The molecule has 0 saturated heterocycles. The highest BCUT2D eigenvalue weighted by Gasteiger charge is 2.31. The van der Waals surface area contributed by atoms with Gasteiger partial charge in [-0.15, -0.1) is 0 Å². The Kier molecular flexibility index (Phi) is 3.17. The Labute approximate surface area is 121 Å². The molecule has 0 saturated carbocycles. The Morgan fingerprint density at radius 3 is 2.57 bits per heavy atom. The van der Waals surface area contributed by atoms with E-state index < -0.39 is 15.7 Å². The van der Waals surface area contributed by atoms with Crippen LogP contribution >= 0.6 is 0 Å². The number of hydrogen-bond donors (Lipinski definition) is 1. The average molecular weight is 305 g/mol. The van der Waals surface area contributed by atoms with Gasteiger partial charge in [-0.05, 0) is 30.3 Å². The van der Waals surface area contributed by atoms with Crippen LogP contribution in [0.3, 0.4) is 0 Å². The first-order valence-corrected chi connectivity index (χ1v) is 7.70. The van der Waals surface area contributed by atoms with Crippen molar-refractivity contribution in [3.05, 3.63) is 58.8 Å². The average Bonchev–Trinajstić information content (AvgIpc) is 2.71. The molecule has 0 fully saturated rings. The highest BCUT2D eigenvalue weighted by Crippen LogP contribution is 2.36. The number of nitrogens with two attached hydrogens (primary N) is 1. The molecule has 108 valence electrons. The van der Waals surface area contributed by atoms with Gasteiger partial charge in [0, 0.05) is 11.3 Å². The Hall–Kier alpha value is -2.34. The van der Waals surface area contributed by atoms with Gasteiger partial charge in [-0.25, -0.2) is 12.8 Å². The highest BCUT2D eigenvalue weighted by atomic mass is 32.2. The van der Waals surface area contributed by atoms with Crippen molar-refractivity contribution in [2.24, 2.45) is 0 Å². The zero-order valence-corrected chi connectivity index (χ0v) is 11.7. The number of halogens is 1. The zero-order chi connectivity index (χ0) is 15.0. The Morgan fingerprint density at radius 2 is 1.86 bits per heavy atom. The van der Waals surface area contributed by atoms with Crippen molar-refractivity contribution in [2.45, 2.75) is 4.90 Å². The van der Waals surface area contributed by atoms with Crippen LogP contribution in [-0.4, -0.2) is 15.0 Å². The standard InChI is InChI=1S/C15H12FNO3S/c16-12-4-1-2-6-14(12)20-9-10-8-11-13(17)5-3-7-15(11)21(10,18)19/h1-8H,9,17H2. The van der Waals surface area contributed by atoms with E-state index in [-0.39, 0.29) is 22.2 Å². The number of hydrogen-bond acceptors (Lipinski definition) is 4. The summed E-state index contributed by atoms with van der Waals surface area (Å²) in [5.41, 5.74) is 6.63. The lowest BCUT2D eigenvalue weighted by Gasteiger charge is -2.08. The number of para-hydroxylation sites is 1. The molecule has 4 nitrogen and oxygen atoms in total. The van der Waals surface area contributed by atoms with E-state index in [0.29, 0.717) is 11.3 Å². The van der Waals surface area contributed by atoms with Gasteiger partial charge >= 0.3 is 0 Å². The van der Waals surface area contributed by atoms with Gasteiger partial charge in [0.05, 0.1) is 9.80 Å². The number of anilines is 1. The molecule has 1 aliphatic rings. The molecule has 0 bridgehead atoms. The van der Waals surface area contributed by atoms with E-state index in [1.165, 1.54) is 30.3 Å². The summed E-state index contributed by atoms with van der Waals surface area (Å²) in [5, 5.41) is 0. The summed E-state index contributed by atoms with van der Waals surface area (Å²) in [4.78, 5) is 0.230. The third-order valence-corrected chi connectivity index (χ3v) is 5.11. The van der Waals surface area contributed by atoms with Crippen molar-refractivity contribution in [3.63, 3.8) is 0 Å². The molecule has 0 amide bonds. The van der Waals surface area contributed by atoms with Crippen LogP contribution in [0, 0.1) is 5.82 Å². The fourth-order valence-corrected chi connectivity index (χ4v) is 3.65. The van der Waals surface area contributed by atoms with Crippen LogP contribution in [0.4, 0.5) is 10.1 Å². The molecule has 0 aliphatic carbocycles. The summed E-state index contributed by atoms with van der Waals surface area (Å²) in [7, 11) is -3.62. The van der Waals surface area contributed by atoms with Crippen molar-refractivity contribution in [2.75, 3.05) is 12.3 Å². The molecule has 0 radical (unpaired) electrons. The predicted octanol–water partition coefficient (Wildman–Crippen LogP) is 2.62. The van der Waals surface area contributed by atoms with Crippen LogP contribution in [-0.2, 0) is 9.84 Å². The Bertz CT molecular complexity index is 844. The van der Waals surface area contributed by atoms with Gasteiger partial charge in [0.2, 0.25) is 9.84 Å². The zero-order valence-electron chi connectivity index (χ0n) is 10.9. The van der Waals surface area contributed by atoms with Crippen LogP contribution < -0.4 is 10.5 Å². The van der Waals surface area contributed by atoms with Crippen molar-refractivity contribution in [1.29, 1.82) is 0 Å². The van der Waals surface area contributed by atoms with E-state index >= 15 is 0 Å². The molecule has 1 aliphatic heterocycles. The number of fused-ring (bicyclic) bond motifs is 1. The summed E-state index contributed by atoms with van der Waals surface area (Å²) in [5.74, 6) is -0.525. The maximum absolute atomic E-state index is 13.5. The molecule has 2 aromatic carbocycles. The molecule has 0 atom stereocenters. The minimum Gasteiger partial charge on any atom is -0.485 e. The first-order valence-electron chi connectivity index (χ1n) is 6.21. The third-order valence-electron chi connectivity index (χ3n) is 3.25. The second-order valence-electron chi connectivity index (χ2n) is 4.59. The SMILES string of the molecule is Nc1cccc2c1C=C(COc1ccccc1F)S2(=O)=O. The summed E-state index contributed by atoms with van der Waals surface area (Å²) in [6.45, 7) is -0.239. The second-order valence-corrected chi connectivity index (χ2v) is 6.56. The number of rotatable bonds is 3. The molecular weight excluding hydrogens is 293 g/mol. The van der Waals surface area contributed by atoms with Gasteiger partial charge in [0.25, 0.3) is 0 Å². The molecule has 3 rings (SSSR count). The van der Waals surface area contributed by atoms with Crippen LogP contribution in [0.2, 0.25) is 0 Å². The lowest BCUT2D eigenvalue weighted by Crippen LogP contribution is -2.09. The minimum absolute atomic E-state index is 0.0116. The summed E-state index contributed by atoms with van der Waals surface area (Å²) < 4.78 is 43.4. The molecule has 0 aromatic heterocycles. The largest absolute Gasteiger partial charge is 0.485 e. The Morgan fingerprint density at radius 1 is 1.10 bits per heavy atom. The first kappa shape index (κ1) is 13.6. The number of nitrogen functional groups attached to an aromatic ring is 1. The molecule has 21 heavy (non-hydrogen) atoms. The maximum Gasteiger partial charge on any atom is 0.206 e. The third kappa shape index (κ3) is 2.27. The van der Waals surface area contributed by atoms with E-state index in [0.717, 1.165) is 0 Å². The van der Waals surface area contributed by atoms with Crippen molar-refractivity contribution in [3.8, 4) is 5.75 Å². The lowest BCUT2D eigenvalue weighted by molar-refractivity contribution is 0.338. The van der Waals surface area contributed by atoms with E-state index in [1.807, 2.05) is 0 Å². The highest BCUT2D eigenvalue weighted by molar-refractivity contribution is 7.95. The van der Waals surface area contributed by atoms with Crippen LogP contribution in [0.15, 0.2) is 52.3 Å². The number of sulfone groups is 1. The molecule has 0 unspecified atom stereocenters. The van der Waals surface area contributed by atoms with Crippen molar-refractivity contribution < 1.29 is 17.5 Å². The summed E-state index contributed by atoms with van der Waals surface area (Å²) in [6.07, 6.45) is 1.47. The van der Waals surface area contributed by atoms with E-state index in [1.54, 1.807) is 18.2 Å². The van der Waals surface area contributed by atoms with Gasteiger partial charge in [-0.3, -0.25) is 0 Å². The van der Waals surface area contributed by atoms with Gasteiger partial charge in [-0.1, -0.05) is 18.2 Å². The van der Waals surface area contributed by atoms with Gasteiger partial charge < -0.3 is 10.5 Å². The molecule has 2 aromatic rings. The lowest BCUT2D eigenvalue weighted by atomic mass is 10.2. The monoisotopic (exact) mass is 305 g/mol. The minimum atomic E-state index is -3.62. The fraction of sp³-hybridized carbons (Fsp3) is 0.0667. The van der Waals surface area contributed by atoms with E-state index in [4.69, 9.17) is 10.5 Å². The first-order chi connectivity index (χ1) is 10.00. The van der Waals surface area contributed by atoms with E-state index in [2.05, 4.69) is 0 Å². The van der Waals surface area contributed by atoms with Crippen LogP contribution in [0.25, 0.3) is 6.08 Å². The maximum atomic E-state index is 13.5. The number of benzene rings is 2. The van der Waals surface area contributed by atoms with Gasteiger partial charge in [0.1, 0.15) is 6.61 Å². The number of ether oxygens (including phenoxy) is 1. The predicted molar refractivity (Wildman–Crippen MR) is 77.9 cm³/mol. The smallest absolute Gasteiger partial charge is 0.206 e. The van der Waals surface area contributed by atoms with Gasteiger partial charge in [0.15, 0.2) is 11.6 Å². The normalized spacial score (nSPS) is 15.4. The molecule has 6 heteroatoms.